The normalized spacial score (nSPS) is 23.0. The zero-order valence-corrected chi connectivity index (χ0v) is 16.1. The van der Waals surface area contributed by atoms with Gasteiger partial charge in [0.15, 0.2) is 23.8 Å². The molecule has 0 amide bonds. The van der Waals surface area contributed by atoms with Crippen molar-refractivity contribution in [3.8, 4) is 0 Å². The van der Waals surface area contributed by atoms with Crippen LogP contribution in [0.1, 0.15) is 19.8 Å². The highest BCUT2D eigenvalue weighted by atomic mass is 32.3. The molecule has 1 fully saturated rings. The van der Waals surface area contributed by atoms with Crippen LogP contribution in [0.25, 0.3) is 0 Å². The summed E-state index contributed by atoms with van der Waals surface area (Å²) in [6, 6.07) is 15.4. The summed E-state index contributed by atoms with van der Waals surface area (Å²) in [5.41, 5.74) is 0. The van der Waals surface area contributed by atoms with E-state index >= 15 is 0 Å². The molecule has 0 spiro atoms. The van der Waals surface area contributed by atoms with Crippen molar-refractivity contribution in [2.75, 3.05) is 6.61 Å². The van der Waals surface area contributed by atoms with Gasteiger partial charge in [0.2, 0.25) is 0 Å². The Morgan fingerprint density at radius 1 is 0.846 bits per heavy atom. The molecule has 2 atom stereocenters. The van der Waals surface area contributed by atoms with Gasteiger partial charge in [-0.2, -0.15) is 0 Å². The fourth-order valence-electron chi connectivity index (χ4n) is 3.80. The zero-order valence-electron chi connectivity index (χ0n) is 14.4. The topological polar surface area (TPSA) is 88.5 Å². The second kappa shape index (κ2) is 6.79. The minimum atomic E-state index is -4.18. The molecule has 0 saturated heterocycles. The molecule has 1 aliphatic rings. The van der Waals surface area contributed by atoms with Crippen molar-refractivity contribution < 1.29 is 21.9 Å². The third kappa shape index (κ3) is 2.78. The Labute approximate surface area is 154 Å². The Kier molecular flexibility index (Phi) is 4.98. The molecule has 2 aromatic rings. The molecule has 0 aliphatic heterocycles. The van der Waals surface area contributed by atoms with E-state index in [4.69, 9.17) is 0 Å². The Balaban J connectivity index is 2.26. The Morgan fingerprint density at radius 3 is 1.62 bits per heavy atom. The molecule has 3 rings (SSSR count). The van der Waals surface area contributed by atoms with E-state index in [1.807, 2.05) is 0 Å². The van der Waals surface area contributed by atoms with Gasteiger partial charge >= 0.3 is 0 Å². The van der Waals surface area contributed by atoms with Gasteiger partial charge in [-0.1, -0.05) is 43.3 Å². The second-order valence-electron chi connectivity index (χ2n) is 6.87. The monoisotopic (exact) mass is 394 g/mol. The lowest BCUT2D eigenvalue weighted by molar-refractivity contribution is 0.201. The van der Waals surface area contributed by atoms with Gasteiger partial charge in [0.1, 0.15) is 0 Å². The van der Waals surface area contributed by atoms with Gasteiger partial charge in [0.25, 0.3) is 0 Å². The minimum Gasteiger partial charge on any atom is -0.396 e. The van der Waals surface area contributed by atoms with E-state index in [1.54, 1.807) is 43.3 Å². The number of rotatable bonds is 5. The van der Waals surface area contributed by atoms with E-state index in [2.05, 4.69) is 0 Å². The van der Waals surface area contributed by atoms with E-state index < -0.39 is 23.8 Å². The van der Waals surface area contributed by atoms with Crippen molar-refractivity contribution in [2.24, 2.45) is 11.8 Å². The van der Waals surface area contributed by atoms with Crippen LogP contribution in [-0.4, -0.2) is 32.6 Å². The average molecular weight is 395 g/mol. The first-order valence-corrected chi connectivity index (χ1v) is 11.4. The molecular weight excluding hydrogens is 372 g/mol. The smallest absolute Gasteiger partial charge is 0.198 e. The second-order valence-corrected chi connectivity index (χ2v) is 11.6. The largest absolute Gasteiger partial charge is 0.396 e. The molecule has 140 valence electrons. The first-order chi connectivity index (χ1) is 12.3. The lowest BCUT2D eigenvalue weighted by Crippen LogP contribution is -2.44. The third-order valence-corrected chi connectivity index (χ3v) is 11.1. The SMILES string of the molecule is CC1CC(S(=O)(=O)c2ccccc2)(S(=O)(=O)c2ccccc2)CC1CO. The molecule has 0 radical (unpaired) electrons. The lowest BCUT2D eigenvalue weighted by atomic mass is 10.00. The molecule has 0 aromatic heterocycles. The summed E-state index contributed by atoms with van der Waals surface area (Å²) in [6.45, 7) is 1.56. The molecule has 7 heteroatoms. The highest BCUT2D eigenvalue weighted by molar-refractivity contribution is 8.10. The molecule has 26 heavy (non-hydrogen) atoms. The molecule has 0 bridgehead atoms. The number of benzene rings is 2. The summed E-state index contributed by atoms with van der Waals surface area (Å²) in [5.74, 6) is -0.607. The van der Waals surface area contributed by atoms with Gasteiger partial charge in [-0.3, -0.25) is 0 Å². The number of hydrogen-bond donors (Lipinski definition) is 1. The lowest BCUT2D eigenvalue weighted by Gasteiger charge is -2.29. The summed E-state index contributed by atoms with van der Waals surface area (Å²) in [7, 11) is -8.36. The fourth-order valence-corrected chi connectivity index (χ4v) is 9.25. The van der Waals surface area contributed by atoms with Gasteiger partial charge in [0, 0.05) is 6.61 Å². The van der Waals surface area contributed by atoms with Crippen molar-refractivity contribution >= 4 is 19.7 Å². The number of sulfone groups is 2. The van der Waals surface area contributed by atoms with Crippen LogP contribution < -0.4 is 0 Å². The molecule has 5 nitrogen and oxygen atoms in total. The number of aliphatic hydroxyl groups is 1. The highest BCUT2D eigenvalue weighted by Gasteiger charge is 2.61. The first kappa shape index (κ1) is 19.1. The van der Waals surface area contributed by atoms with Gasteiger partial charge in [0.05, 0.1) is 9.79 Å². The average Bonchev–Trinajstić information content (AvgIpc) is 3.02. The molecule has 2 unspecified atom stereocenters. The van der Waals surface area contributed by atoms with Crippen LogP contribution >= 0.6 is 0 Å². The summed E-state index contributed by atoms with van der Waals surface area (Å²) >= 11 is 0. The molecule has 1 aliphatic carbocycles. The van der Waals surface area contributed by atoms with E-state index in [0.29, 0.717) is 0 Å². The van der Waals surface area contributed by atoms with Crippen molar-refractivity contribution in [3.05, 3.63) is 60.7 Å². The maximum Gasteiger partial charge on any atom is 0.198 e. The van der Waals surface area contributed by atoms with Crippen LogP contribution in [0.3, 0.4) is 0 Å². The van der Waals surface area contributed by atoms with Gasteiger partial charge in [-0.15, -0.1) is 0 Å². The van der Waals surface area contributed by atoms with Crippen LogP contribution in [0.4, 0.5) is 0 Å². The van der Waals surface area contributed by atoms with E-state index in [0.717, 1.165) is 0 Å². The first-order valence-electron chi connectivity index (χ1n) is 8.46. The van der Waals surface area contributed by atoms with E-state index in [-0.39, 0.29) is 41.1 Å². The van der Waals surface area contributed by atoms with Crippen LogP contribution in [0.5, 0.6) is 0 Å². The van der Waals surface area contributed by atoms with Crippen LogP contribution in [0, 0.1) is 11.8 Å². The third-order valence-electron chi connectivity index (χ3n) is 5.33. The molecule has 1 N–H and O–H groups in total. The van der Waals surface area contributed by atoms with Crippen LogP contribution in [-0.2, 0) is 19.7 Å². The zero-order chi connectivity index (χ0) is 19.0. The van der Waals surface area contributed by atoms with Crippen molar-refractivity contribution in [1.29, 1.82) is 0 Å². The summed E-state index contributed by atoms with van der Waals surface area (Å²) in [6.07, 6.45) is -0.147. The Hall–Kier alpha value is -1.70. The molecular formula is C19H22O5S2. The van der Waals surface area contributed by atoms with Crippen molar-refractivity contribution in [3.63, 3.8) is 0 Å². The van der Waals surface area contributed by atoms with Crippen molar-refractivity contribution in [1.82, 2.24) is 0 Å². The summed E-state index contributed by atoms with van der Waals surface area (Å²) in [5, 5.41) is 9.65. The minimum absolute atomic E-state index is 0.00899. The molecule has 2 aromatic carbocycles. The van der Waals surface area contributed by atoms with Crippen molar-refractivity contribution in [2.45, 2.75) is 33.6 Å². The number of aliphatic hydroxyl groups excluding tert-OH is 1. The van der Waals surface area contributed by atoms with Gasteiger partial charge in [-0.25, -0.2) is 16.8 Å². The Bertz CT molecular complexity index is 898. The highest BCUT2D eigenvalue weighted by Crippen LogP contribution is 2.51. The fraction of sp³-hybridized carbons (Fsp3) is 0.368. The van der Waals surface area contributed by atoms with Crippen LogP contribution in [0.2, 0.25) is 0 Å². The Morgan fingerprint density at radius 2 is 1.27 bits per heavy atom. The summed E-state index contributed by atoms with van der Waals surface area (Å²) in [4.78, 5) is -0.0180. The van der Waals surface area contributed by atoms with E-state index in [1.165, 1.54) is 24.3 Å². The standard InChI is InChI=1S/C19H22O5S2/c1-15-12-19(13-16(15)14-20,25(21,22)17-8-4-2-5-9-17)26(23,24)18-10-6-3-7-11-18/h2-11,15-16,20H,12-14H2,1H3. The molecule has 0 heterocycles. The van der Waals surface area contributed by atoms with Crippen LogP contribution in [0.15, 0.2) is 70.5 Å². The maximum absolute atomic E-state index is 13.5. The predicted octanol–water partition coefficient (Wildman–Crippen LogP) is 2.67. The summed E-state index contributed by atoms with van der Waals surface area (Å²) < 4.78 is 52.1. The van der Waals surface area contributed by atoms with Gasteiger partial charge in [-0.05, 0) is 48.9 Å². The van der Waals surface area contributed by atoms with Gasteiger partial charge < -0.3 is 5.11 Å². The number of hydrogen-bond acceptors (Lipinski definition) is 5. The molecule has 1 saturated carbocycles. The predicted molar refractivity (Wildman–Crippen MR) is 99.0 cm³/mol. The quantitative estimate of drug-likeness (QED) is 0.842. The van der Waals surface area contributed by atoms with E-state index in [9.17, 15) is 21.9 Å². The maximum atomic E-state index is 13.5.